The lowest BCUT2D eigenvalue weighted by Gasteiger charge is -2.31. The number of guanidine groups is 1. The minimum Gasteiger partial charge on any atom is -0.494 e. The van der Waals surface area contributed by atoms with Gasteiger partial charge >= 0.3 is 12.0 Å². The van der Waals surface area contributed by atoms with Gasteiger partial charge in [0.05, 0.1) is 13.2 Å². The van der Waals surface area contributed by atoms with Crippen LogP contribution in [-0.2, 0) is 4.79 Å². The molecule has 3 aliphatic rings. The number of hydrogen-bond donors (Lipinski definition) is 0. The second-order valence-electron chi connectivity index (χ2n) is 6.60. The van der Waals surface area contributed by atoms with Crippen molar-refractivity contribution in [3.8, 4) is 5.75 Å². The van der Waals surface area contributed by atoms with Gasteiger partial charge in [-0.2, -0.15) is 0 Å². The number of fused-ring (bicyclic) bond motifs is 2. The molecule has 1 aromatic carbocycles. The van der Waals surface area contributed by atoms with Crippen molar-refractivity contribution in [1.29, 1.82) is 0 Å². The Hall–Kier alpha value is -2.90. The van der Waals surface area contributed by atoms with Crippen LogP contribution in [0.2, 0.25) is 0 Å². The Morgan fingerprint density at radius 1 is 1.19 bits per heavy atom. The van der Waals surface area contributed by atoms with Crippen molar-refractivity contribution in [2.24, 2.45) is 4.99 Å². The summed E-state index contributed by atoms with van der Waals surface area (Å²) in [5, 5.41) is 0. The van der Waals surface area contributed by atoms with Gasteiger partial charge < -0.3 is 4.74 Å². The van der Waals surface area contributed by atoms with Crippen LogP contribution >= 0.6 is 0 Å². The Labute approximate surface area is 152 Å². The van der Waals surface area contributed by atoms with E-state index in [1.807, 2.05) is 28.8 Å². The minimum atomic E-state index is -0.519. The predicted octanol–water partition coefficient (Wildman–Crippen LogP) is 0.968. The first kappa shape index (κ1) is 16.6. The van der Waals surface area contributed by atoms with Gasteiger partial charge in [-0.25, -0.2) is 14.3 Å². The maximum atomic E-state index is 12.6. The highest BCUT2D eigenvalue weighted by molar-refractivity contribution is 6.24. The molecule has 0 saturated carbocycles. The number of amides is 3. The molecule has 136 valence electrons. The maximum absolute atomic E-state index is 12.6. The molecule has 0 bridgehead atoms. The van der Waals surface area contributed by atoms with E-state index >= 15 is 0 Å². The number of carbonyl (C=O) groups excluding carboxylic acids is 2. The fraction of sp³-hybridized carbons (Fsp3) is 0.444. The largest absolute Gasteiger partial charge is 0.494 e. The van der Waals surface area contributed by atoms with Crippen LogP contribution in [0.3, 0.4) is 0 Å². The van der Waals surface area contributed by atoms with E-state index in [9.17, 15) is 9.59 Å². The lowest BCUT2D eigenvalue weighted by molar-refractivity contribution is -0.525. The van der Waals surface area contributed by atoms with E-state index in [2.05, 4.69) is 16.8 Å². The van der Waals surface area contributed by atoms with Gasteiger partial charge in [0.15, 0.2) is 0 Å². The van der Waals surface area contributed by atoms with Crippen molar-refractivity contribution in [3.63, 3.8) is 0 Å². The second-order valence-corrected chi connectivity index (χ2v) is 6.60. The van der Waals surface area contributed by atoms with E-state index in [4.69, 9.17) is 4.74 Å². The Bertz CT molecular complexity index is 830. The number of imide groups is 1. The maximum Gasteiger partial charge on any atom is 0.397 e. The molecule has 0 radical (unpaired) electrons. The zero-order chi connectivity index (χ0) is 18.4. The van der Waals surface area contributed by atoms with Gasteiger partial charge in [0, 0.05) is 14.1 Å². The molecule has 1 aromatic rings. The molecule has 3 aliphatic heterocycles. The number of amidine groups is 1. The smallest absolute Gasteiger partial charge is 0.397 e. The first-order chi connectivity index (χ1) is 12.5. The third-order valence-electron chi connectivity index (χ3n) is 4.94. The van der Waals surface area contributed by atoms with Crippen molar-refractivity contribution < 1.29 is 18.9 Å². The molecule has 8 heteroatoms. The summed E-state index contributed by atoms with van der Waals surface area (Å²) in [5.74, 6) is 1.83. The summed E-state index contributed by atoms with van der Waals surface area (Å²) in [6, 6.07) is 7.00. The first-order valence-electron chi connectivity index (χ1n) is 8.80. The summed E-state index contributed by atoms with van der Waals surface area (Å²) in [7, 11) is 3.17. The zero-order valence-electron chi connectivity index (χ0n) is 15.2. The number of hydrogen-bond acceptors (Lipinski definition) is 5. The molecule has 4 rings (SSSR count). The highest BCUT2D eigenvalue weighted by Crippen LogP contribution is 2.27. The topological polar surface area (TPSA) is 68.5 Å². The quantitative estimate of drug-likeness (QED) is 0.754. The molecular formula is C18H22N5O3+. The van der Waals surface area contributed by atoms with Crippen molar-refractivity contribution >= 4 is 29.4 Å². The van der Waals surface area contributed by atoms with E-state index in [-0.39, 0.29) is 11.9 Å². The van der Waals surface area contributed by atoms with Crippen LogP contribution in [0.1, 0.15) is 13.3 Å². The molecule has 1 fully saturated rings. The van der Waals surface area contributed by atoms with Crippen molar-refractivity contribution in [3.05, 3.63) is 24.3 Å². The SMILES string of the molecule is CCCOc1ccc(N2CC[N+]3=C2N=C2C3C(=O)N(C)C(=O)N2C)cc1. The van der Waals surface area contributed by atoms with Gasteiger partial charge in [0.2, 0.25) is 11.9 Å². The van der Waals surface area contributed by atoms with E-state index in [0.717, 1.165) is 35.3 Å². The molecule has 0 N–H and O–H groups in total. The summed E-state index contributed by atoms with van der Waals surface area (Å²) in [4.78, 5) is 34.1. The molecule has 1 saturated heterocycles. The van der Waals surface area contributed by atoms with E-state index in [0.29, 0.717) is 19.0 Å². The number of anilines is 1. The van der Waals surface area contributed by atoms with Crippen molar-refractivity contribution in [2.75, 3.05) is 38.7 Å². The van der Waals surface area contributed by atoms with Crippen LogP contribution in [0.25, 0.3) is 0 Å². The zero-order valence-corrected chi connectivity index (χ0v) is 15.2. The molecule has 0 aromatic heterocycles. The summed E-state index contributed by atoms with van der Waals surface area (Å²) in [5.41, 5.74) is 0.990. The summed E-state index contributed by atoms with van der Waals surface area (Å²) < 4.78 is 7.60. The highest BCUT2D eigenvalue weighted by Gasteiger charge is 2.54. The first-order valence-corrected chi connectivity index (χ1v) is 8.80. The molecule has 1 unspecified atom stereocenters. The molecule has 3 heterocycles. The summed E-state index contributed by atoms with van der Waals surface area (Å²) >= 11 is 0. The number of carbonyl (C=O) groups is 2. The fourth-order valence-corrected chi connectivity index (χ4v) is 3.52. The predicted molar refractivity (Wildman–Crippen MR) is 96.9 cm³/mol. The highest BCUT2D eigenvalue weighted by atomic mass is 16.5. The van der Waals surface area contributed by atoms with Gasteiger partial charge in [-0.05, 0) is 30.7 Å². The monoisotopic (exact) mass is 356 g/mol. The van der Waals surface area contributed by atoms with E-state index < -0.39 is 6.04 Å². The standard InChI is InChI=1S/C18H22N5O3/c1-4-11-26-13-7-5-12(6-8-13)22-9-10-23-14-15(19-17(22)23)20(2)18(25)21(3)16(14)24/h5-8,14H,4,9-11H2,1-3H3/q+1. The van der Waals surface area contributed by atoms with Gasteiger partial charge in [-0.3, -0.25) is 14.6 Å². The average Bonchev–Trinajstić information content (AvgIpc) is 3.22. The number of nitrogens with zero attached hydrogens (tertiary/aromatic N) is 5. The molecule has 8 nitrogen and oxygen atoms in total. The number of aliphatic imine (C=N–C) groups is 1. The normalized spacial score (nSPS) is 22.0. The Morgan fingerprint density at radius 3 is 2.62 bits per heavy atom. The number of benzene rings is 1. The second kappa shape index (κ2) is 6.12. The van der Waals surface area contributed by atoms with Crippen LogP contribution in [0, 0.1) is 0 Å². The van der Waals surface area contributed by atoms with Crippen LogP contribution in [0.15, 0.2) is 29.3 Å². The van der Waals surface area contributed by atoms with Crippen LogP contribution in [0.5, 0.6) is 5.75 Å². The van der Waals surface area contributed by atoms with Crippen LogP contribution in [-0.4, -0.2) is 77.9 Å². The van der Waals surface area contributed by atoms with Gasteiger partial charge in [-0.1, -0.05) is 11.9 Å². The van der Waals surface area contributed by atoms with E-state index in [1.165, 1.54) is 11.9 Å². The van der Waals surface area contributed by atoms with Crippen LogP contribution in [0.4, 0.5) is 10.5 Å². The fourth-order valence-electron chi connectivity index (χ4n) is 3.52. The lowest BCUT2D eigenvalue weighted by atomic mass is 10.1. The third-order valence-corrected chi connectivity index (χ3v) is 4.94. The van der Waals surface area contributed by atoms with Gasteiger partial charge in [0.25, 0.3) is 5.91 Å². The number of rotatable bonds is 4. The number of urea groups is 1. The van der Waals surface area contributed by atoms with Gasteiger partial charge in [-0.15, -0.1) is 0 Å². The Balaban J connectivity index is 1.63. The molecule has 26 heavy (non-hydrogen) atoms. The Morgan fingerprint density at radius 2 is 1.92 bits per heavy atom. The van der Waals surface area contributed by atoms with Gasteiger partial charge in [0.1, 0.15) is 18.0 Å². The summed E-state index contributed by atoms with van der Waals surface area (Å²) in [6.45, 7) is 4.19. The molecule has 0 spiro atoms. The van der Waals surface area contributed by atoms with E-state index in [1.54, 1.807) is 7.05 Å². The Kier molecular flexibility index (Phi) is 3.90. The lowest BCUT2D eigenvalue weighted by Crippen LogP contribution is -2.61. The molecule has 1 atom stereocenters. The average molecular weight is 356 g/mol. The number of ether oxygens (including phenoxy) is 1. The minimum absolute atomic E-state index is 0.230. The number of likely N-dealkylation sites (N-methyl/N-ethyl adjacent to an activating group) is 2. The van der Waals surface area contributed by atoms with Crippen LogP contribution < -0.4 is 9.64 Å². The summed E-state index contributed by atoms with van der Waals surface area (Å²) in [6.07, 6.45) is 0.967. The van der Waals surface area contributed by atoms with Crippen molar-refractivity contribution in [2.45, 2.75) is 19.4 Å². The molecular weight excluding hydrogens is 334 g/mol. The third kappa shape index (κ3) is 2.36. The molecule has 3 amide bonds. The molecule has 0 aliphatic carbocycles. The van der Waals surface area contributed by atoms with Crippen molar-refractivity contribution in [1.82, 2.24) is 9.80 Å².